The molecule has 0 fully saturated rings. The second-order valence-electron chi connectivity index (χ2n) is 4.25. The Kier molecular flexibility index (Phi) is 5.97. The number of hydrogen-bond acceptors (Lipinski definition) is 4. The zero-order valence-electron chi connectivity index (χ0n) is 12.0. The molecular weight excluding hydrogens is 348 g/mol. The molecule has 6 heteroatoms. The quantitative estimate of drug-likeness (QED) is 0.634. The summed E-state index contributed by atoms with van der Waals surface area (Å²) in [5, 5.41) is 3.89. The van der Waals surface area contributed by atoms with Crippen molar-refractivity contribution in [3.8, 4) is 11.5 Å². The van der Waals surface area contributed by atoms with Crippen LogP contribution in [0.15, 0.2) is 58.1 Å². The average molecular weight is 363 g/mol. The molecule has 0 heterocycles. The molecule has 0 bridgehead atoms. The van der Waals surface area contributed by atoms with E-state index in [9.17, 15) is 4.79 Å². The number of hydrazone groups is 1. The van der Waals surface area contributed by atoms with Crippen molar-refractivity contribution < 1.29 is 14.3 Å². The van der Waals surface area contributed by atoms with Gasteiger partial charge in [0.15, 0.2) is 18.1 Å². The van der Waals surface area contributed by atoms with Gasteiger partial charge in [-0.05, 0) is 18.2 Å². The van der Waals surface area contributed by atoms with Crippen molar-refractivity contribution in [3.63, 3.8) is 0 Å². The Morgan fingerprint density at radius 3 is 2.59 bits per heavy atom. The van der Waals surface area contributed by atoms with Crippen molar-refractivity contribution in [1.82, 2.24) is 5.43 Å². The summed E-state index contributed by atoms with van der Waals surface area (Å²) in [6, 6.07) is 14.7. The molecule has 0 spiro atoms. The standard InChI is InChI=1S/C16H15BrN2O3/c1-21-14-8-4-5-9-15(14)22-11-16(20)19-18-10-12-6-2-3-7-13(12)17/h2-10H,11H2,1H3,(H,19,20)/b18-10-. The fourth-order valence-corrected chi connectivity index (χ4v) is 2.05. The lowest BCUT2D eigenvalue weighted by Gasteiger charge is -2.09. The average Bonchev–Trinajstić information content (AvgIpc) is 2.55. The second kappa shape index (κ2) is 8.19. The third-order valence-corrected chi connectivity index (χ3v) is 3.45. The normalized spacial score (nSPS) is 10.5. The summed E-state index contributed by atoms with van der Waals surface area (Å²) < 4.78 is 11.4. The van der Waals surface area contributed by atoms with Gasteiger partial charge in [-0.1, -0.05) is 46.3 Å². The molecule has 0 atom stereocenters. The van der Waals surface area contributed by atoms with Crippen LogP contribution in [0.4, 0.5) is 0 Å². The Morgan fingerprint density at radius 2 is 1.86 bits per heavy atom. The minimum absolute atomic E-state index is 0.145. The molecule has 0 saturated heterocycles. The van der Waals surface area contributed by atoms with Gasteiger partial charge in [0.05, 0.1) is 13.3 Å². The number of amides is 1. The summed E-state index contributed by atoms with van der Waals surface area (Å²) in [7, 11) is 1.55. The van der Waals surface area contributed by atoms with Gasteiger partial charge in [-0.3, -0.25) is 4.79 Å². The number of hydrogen-bond donors (Lipinski definition) is 1. The van der Waals surface area contributed by atoms with Gasteiger partial charge in [0.25, 0.3) is 5.91 Å². The number of methoxy groups -OCH3 is 1. The molecule has 0 aliphatic heterocycles. The summed E-state index contributed by atoms with van der Waals surface area (Å²) in [6.07, 6.45) is 1.56. The van der Waals surface area contributed by atoms with Crippen molar-refractivity contribution in [2.45, 2.75) is 0 Å². The summed E-state index contributed by atoms with van der Waals surface area (Å²) in [6.45, 7) is -0.145. The molecule has 0 aliphatic rings. The summed E-state index contributed by atoms with van der Waals surface area (Å²) >= 11 is 3.40. The number of carbonyl (C=O) groups excluding carboxylic acids is 1. The van der Waals surface area contributed by atoms with Gasteiger partial charge in [0.1, 0.15) is 0 Å². The van der Waals surface area contributed by atoms with Gasteiger partial charge in [0, 0.05) is 10.0 Å². The van der Waals surface area contributed by atoms with Crippen molar-refractivity contribution >= 4 is 28.1 Å². The third-order valence-electron chi connectivity index (χ3n) is 2.73. The summed E-state index contributed by atoms with van der Waals surface area (Å²) in [5.74, 6) is 0.733. The lowest BCUT2D eigenvalue weighted by atomic mass is 10.2. The van der Waals surface area contributed by atoms with Crippen LogP contribution in [0.2, 0.25) is 0 Å². The first-order chi connectivity index (χ1) is 10.7. The predicted molar refractivity (Wildman–Crippen MR) is 88.4 cm³/mol. The molecule has 114 valence electrons. The van der Waals surface area contributed by atoms with E-state index in [0.29, 0.717) is 11.5 Å². The number of nitrogens with one attached hydrogen (secondary N) is 1. The van der Waals surface area contributed by atoms with Gasteiger partial charge >= 0.3 is 0 Å². The maximum absolute atomic E-state index is 11.7. The minimum Gasteiger partial charge on any atom is -0.493 e. The van der Waals surface area contributed by atoms with Crippen LogP contribution >= 0.6 is 15.9 Å². The lowest BCUT2D eigenvalue weighted by molar-refractivity contribution is -0.123. The first-order valence-corrected chi connectivity index (χ1v) is 7.32. The molecule has 1 amide bonds. The Balaban J connectivity index is 1.85. The largest absolute Gasteiger partial charge is 0.493 e. The van der Waals surface area contributed by atoms with Crippen LogP contribution in [0, 0.1) is 0 Å². The number of para-hydroxylation sites is 2. The van der Waals surface area contributed by atoms with Crippen LogP contribution in [0.5, 0.6) is 11.5 Å². The monoisotopic (exact) mass is 362 g/mol. The molecule has 0 unspecified atom stereocenters. The molecule has 0 saturated carbocycles. The highest BCUT2D eigenvalue weighted by atomic mass is 79.9. The maximum atomic E-state index is 11.7. The predicted octanol–water partition coefficient (Wildman–Crippen LogP) is 2.99. The number of nitrogens with zero attached hydrogens (tertiary/aromatic N) is 1. The van der Waals surface area contributed by atoms with Gasteiger partial charge < -0.3 is 9.47 Å². The van der Waals surface area contributed by atoms with Crippen molar-refractivity contribution in [2.24, 2.45) is 5.10 Å². The molecule has 2 aromatic carbocycles. The zero-order chi connectivity index (χ0) is 15.8. The first kappa shape index (κ1) is 16.0. The highest BCUT2D eigenvalue weighted by molar-refractivity contribution is 9.10. The summed E-state index contributed by atoms with van der Waals surface area (Å²) in [4.78, 5) is 11.7. The molecule has 0 aliphatic carbocycles. The fourth-order valence-electron chi connectivity index (χ4n) is 1.67. The SMILES string of the molecule is COc1ccccc1OCC(=O)N/N=C\c1ccccc1Br. The van der Waals surface area contributed by atoms with Crippen LogP contribution in [0.1, 0.15) is 5.56 Å². The molecule has 1 N–H and O–H groups in total. The van der Waals surface area contributed by atoms with E-state index in [1.165, 1.54) is 0 Å². The number of halogens is 1. The smallest absolute Gasteiger partial charge is 0.277 e. The zero-order valence-corrected chi connectivity index (χ0v) is 13.5. The van der Waals surface area contributed by atoms with Crippen molar-refractivity contribution in [1.29, 1.82) is 0 Å². The molecule has 2 rings (SSSR count). The summed E-state index contributed by atoms with van der Waals surface area (Å²) in [5.41, 5.74) is 3.28. The van der Waals surface area contributed by atoms with Crippen molar-refractivity contribution in [2.75, 3.05) is 13.7 Å². The molecule has 0 aromatic heterocycles. The fraction of sp³-hybridized carbons (Fsp3) is 0.125. The van der Waals surface area contributed by atoms with E-state index in [-0.39, 0.29) is 12.5 Å². The molecule has 2 aromatic rings. The van der Waals surface area contributed by atoms with Gasteiger partial charge in [-0.25, -0.2) is 5.43 Å². The van der Waals surface area contributed by atoms with Gasteiger partial charge in [0.2, 0.25) is 0 Å². The Bertz CT molecular complexity index is 674. The second-order valence-corrected chi connectivity index (χ2v) is 5.11. The number of rotatable bonds is 6. The van der Waals surface area contributed by atoms with Crippen LogP contribution < -0.4 is 14.9 Å². The Hall–Kier alpha value is -2.34. The van der Waals surface area contributed by atoms with E-state index in [4.69, 9.17) is 9.47 Å². The van der Waals surface area contributed by atoms with E-state index < -0.39 is 0 Å². The number of ether oxygens (including phenoxy) is 2. The van der Waals surface area contributed by atoms with E-state index in [2.05, 4.69) is 26.5 Å². The molecule has 0 radical (unpaired) electrons. The number of carbonyl (C=O) groups is 1. The van der Waals surface area contributed by atoms with E-state index in [1.807, 2.05) is 30.3 Å². The Labute approximate surface area is 137 Å². The minimum atomic E-state index is -0.353. The van der Waals surface area contributed by atoms with Crippen LogP contribution in [-0.4, -0.2) is 25.8 Å². The van der Waals surface area contributed by atoms with Crippen LogP contribution in [-0.2, 0) is 4.79 Å². The number of benzene rings is 2. The van der Waals surface area contributed by atoms with Gasteiger partial charge in [-0.15, -0.1) is 0 Å². The first-order valence-electron chi connectivity index (χ1n) is 6.53. The van der Waals surface area contributed by atoms with Gasteiger partial charge in [-0.2, -0.15) is 5.10 Å². The molecular formula is C16H15BrN2O3. The van der Waals surface area contributed by atoms with E-state index >= 15 is 0 Å². The third kappa shape index (κ3) is 4.60. The van der Waals surface area contributed by atoms with E-state index in [1.54, 1.807) is 31.5 Å². The highest BCUT2D eigenvalue weighted by Crippen LogP contribution is 2.25. The molecule has 22 heavy (non-hydrogen) atoms. The van der Waals surface area contributed by atoms with Crippen LogP contribution in [0.25, 0.3) is 0 Å². The maximum Gasteiger partial charge on any atom is 0.277 e. The Morgan fingerprint density at radius 1 is 1.18 bits per heavy atom. The van der Waals surface area contributed by atoms with Crippen LogP contribution in [0.3, 0.4) is 0 Å². The van der Waals surface area contributed by atoms with E-state index in [0.717, 1.165) is 10.0 Å². The lowest BCUT2D eigenvalue weighted by Crippen LogP contribution is -2.24. The topological polar surface area (TPSA) is 59.9 Å². The molecule has 5 nitrogen and oxygen atoms in total. The van der Waals surface area contributed by atoms with Crippen molar-refractivity contribution in [3.05, 3.63) is 58.6 Å². The highest BCUT2D eigenvalue weighted by Gasteiger charge is 2.05.